The number of phenols is 1. The minimum atomic E-state index is -3.40. The molecule has 0 aliphatic carbocycles. The minimum Gasteiger partial charge on any atom is -0.507 e. The van der Waals surface area contributed by atoms with E-state index in [1.165, 1.54) is 35.4 Å². The number of imidazole rings is 1. The molecule has 0 saturated heterocycles. The standard InChI is InChI=1S/C65H74N3O.Pt/c1-16-64(14,17-2)53-23-21-24-54(65(15,18-3)19-4)58(53)46-28-31-56(42(6)36-46)68-57-25-20-22-51(59(57)67-61(68)52-35-41(5)34-43(7)60(52)69)47-37-48(39-50(38-47)63(11,12)13)55-40-45(32-33-66-55)44-26-29-49(30-27-44)62(8,9)10;/h20-36,38-40,69H,16-19H2,1-15H3;/q-1;/i6D3,8D3,9D3,10D3;. The third-order valence-corrected chi connectivity index (χ3v) is 15.1. The monoisotopic (exact) mass is 1120 g/mol. The van der Waals surface area contributed by atoms with E-state index >= 15 is 0 Å². The van der Waals surface area contributed by atoms with E-state index in [0.29, 0.717) is 67.2 Å². The molecule has 0 fully saturated rings. The van der Waals surface area contributed by atoms with Crippen LogP contribution >= 0.6 is 0 Å². The quantitative estimate of drug-likeness (QED) is 0.124. The van der Waals surface area contributed by atoms with Crippen molar-refractivity contribution in [3.8, 4) is 67.5 Å². The Morgan fingerprint density at radius 2 is 1.24 bits per heavy atom. The second-order valence-corrected chi connectivity index (χ2v) is 20.6. The number of fused-ring (bicyclic) bond motifs is 1. The fourth-order valence-electron chi connectivity index (χ4n) is 9.85. The van der Waals surface area contributed by atoms with Gasteiger partial charge in [0.1, 0.15) is 11.6 Å². The van der Waals surface area contributed by atoms with Crippen molar-refractivity contribution in [1.82, 2.24) is 14.5 Å². The van der Waals surface area contributed by atoms with Crippen LogP contribution in [-0.2, 0) is 42.7 Å². The number of pyridine rings is 1. The predicted octanol–water partition coefficient (Wildman–Crippen LogP) is 17.9. The first kappa shape index (κ1) is 38.1. The minimum absolute atomic E-state index is 0. The fraction of sp³-hybridized carbons (Fsp3) is 0.354. The van der Waals surface area contributed by atoms with E-state index < -0.39 is 32.8 Å². The summed E-state index contributed by atoms with van der Waals surface area (Å²) in [6.07, 6.45) is 5.21. The first-order valence-electron chi connectivity index (χ1n) is 30.4. The topological polar surface area (TPSA) is 50.9 Å². The van der Waals surface area contributed by atoms with Crippen LogP contribution in [0.1, 0.15) is 164 Å². The van der Waals surface area contributed by atoms with Crippen LogP contribution in [0.2, 0.25) is 0 Å². The predicted molar refractivity (Wildman–Crippen MR) is 294 cm³/mol. The van der Waals surface area contributed by atoms with Gasteiger partial charge in [-0.05, 0) is 154 Å². The number of para-hydroxylation sites is 1. The molecule has 6 aromatic carbocycles. The van der Waals surface area contributed by atoms with Gasteiger partial charge < -0.3 is 5.11 Å². The Balaban J connectivity index is 0.00000968. The molecule has 5 heteroatoms. The summed E-state index contributed by atoms with van der Waals surface area (Å²) in [6, 6.07) is 38.9. The second kappa shape index (κ2) is 19.9. The van der Waals surface area contributed by atoms with Crippen molar-refractivity contribution in [1.29, 1.82) is 0 Å². The number of aryl methyl sites for hydroxylation is 3. The Morgan fingerprint density at radius 1 is 0.614 bits per heavy atom. The van der Waals surface area contributed by atoms with Crippen LogP contribution in [-0.4, -0.2) is 19.6 Å². The molecule has 0 unspecified atom stereocenters. The van der Waals surface area contributed by atoms with E-state index in [1.807, 2.05) is 79.1 Å². The molecule has 0 radical (unpaired) electrons. The normalized spacial score (nSPS) is 15.6. The van der Waals surface area contributed by atoms with Gasteiger partial charge in [-0.1, -0.05) is 167 Å². The molecular weight excluding hydrogens is 1030 g/mol. The van der Waals surface area contributed by atoms with Crippen LogP contribution in [0.25, 0.3) is 72.7 Å². The number of phenolic OH excluding ortho intramolecular Hbond substituents is 1. The van der Waals surface area contributed by atoms with E-state index in [-0.39, 0.29) is 54.2 Å². The van der Waals surface area contributed by atoms with Gasteiger partial charge in [0.25, 0.3) is 0 Å². The van der Waals surface area contributed by atoms with Gasteiger partial charge in [-0.2, -0.15) is 0 Å². The van der Waals surface area contributed by atoms with E-state index in [2.05, 4.69) is 92.6 Å². The molecule has 0 saturated carbocycles. The summed E-state index contributed by atoms with van der Waals surface area (Å²) in [5.74, 6) is 0.382. The van der Waals surface area contributed by atoms with Crippen LogP contribution in [0.3, 0.4) is 0 Å². The van der Waals surface area contributed by atoms with Gasteiger partial charge in [0, 0.05) is 49.4 Å². The molecule has 2 aromatic heterocycles. The summed E-state index contributed by atoms with van der Waals surface area (Å²) in [6.45, 7) is 10.7. The van der Waals surface area contributed by atoms with Crippen molar-refractivity contribution in [2.45, 2.75) is 151 Å². The zero-order valence-corrected chi connectivity index (χ0v) is 44.8. The number of hydrogen-bond donors (Lipinski definition) is 1. The molecule has 0 atom stereocenters. The Morgan fingerprint density at radius 3 is 1.86 bits per heavy atom. The zero-order chi connectivity index (χ0) is 59.8. The Bertz CT molecular complexity index is 3580. The molecule has 8 rings (SSSR count). The van der Waals surface area contributed by atoms with Crippen LogP contribution in [0, 0.1) is 26.8 Å². The average molecular weight is 1120 g/mol. The van der Waals surface area contributed by atoms with E-state index in [1.54, 1.807) is 12.3 Å². The molecule has 0 amide bonds. The van der Waals surface area contributed by atoms with Gasteiger partial charge in [-0.25, -0.2) is 4.98 Å². The number of rotatable bonds is 12. The maximum absolute atomic E-state index is 12.0. The summed E-state index contributed by atoms with van der Waals surface area (Å²) in [5, 5.41) is 12.0. The number of aromatic nitrogens is 3. The molecule has 8 aromatic rings. The zero-order valence-electron chi connectivity index (χ0n) is 54.5. The van der Waals surface area contributed by atoms with Crippen LogP contribution in [0.5, 0.6) is 5.75 Å². The summed E-state index contributed by atoms with van der Waals surface area (Å²) in [7, 11) is 0. The number of hydrogen-bond acceptors (Lipinski definition) is 3. The van der Waals surface area contributed by atoms with Crippen LogP contribution in [0.4, 0.5) is 0 Å². The molecular formula is C65H74N3OPt-. The summed E-state index contributed by atoms with van der Waals surface area (Å²) in [4.78, 5) is 10.2. The van der Waals surface area contributed by atoms with E-state index in [9.17, 15) is 9.22 Å². The number of benzene rings is 6. The molecule has 0 bridgehead atoms. The van der Waals surface area contributed by atoms with Crippen LogP contribution < -0.4 is 0 Å². The smallest absolute Gasteiger partial charge is 0.148 e. The van der Waals surface area contributed by atoms with Crippen molar-refractivity contribution in [2.75, 3.05) is 0 Å². The van der Waals surface area contributed by atoms with Crippen molar-refractivity contribution in [3.63, 3.8) is 0 Å². The molecule has 70 heavy (non-hydrogen) atoms. The van der Waals surface area contributed by atoms with E-state index in [4.69, 9.17) is 22.3 Å². The van der Waals surface area contributed by atoms with Crippen molar-refractivity contribution < 1.29 is 42.6 Å². The first-order valence-corrected chi connectivity index (χ1v) is 24.4. The Kier molecular flexibility index (Phi) is 10.9. The first-order chi connectivity index (χ1) is 37.6. The SMILES string of the molecule is [2H]C([2H])([2H])c1cc(-c2c(C(C)(CC)CC)cccc2C(C)(CC)CC)ccc1-n1c(-c2cc(C)cc(C)c2O)nc2c(-c3[c-]c(-c4cc(-c5ccc(C(C([2H])([2H])[2H])(C([2H])([2H])[2H])C([2H])([2H])[2H])cc5)ccn4)cc(C(C)(C)C)c3)cccc21.[Pt]. The number of nitrogens with zero attached hydrogens (tertiary/aromatic N) is 3. The maximum atomic E-state index is 12.0. The largest absolute Gasteiger partial charge is 0.507 e. The van der Waals surface area contributed by atoms with Gasteiger partial charge in [-0.15, -0.1) is 29.3 Å². The molecule has 4 nitrogen and oxygen atoms in total. The molecule has 2 heterocycles. The van der Waals surface area contributed by atoms with Gasteiger partial charge in [-0.3, -0.25) is 9.55 Å². The second-order valence-electron chi connectivity index (χ2n) is 20.6. The van der Waals surface area contributed by atoms with E-state index in [0.717, 1.165) is 47.9 Å². The molecule has 0 aliphatic rings. The van der Waals surface area contributed by atoms with Crippen molar-refractivity contribution in [3.05, 3.63) is 166 Å². The third kappa shape index (κ3) is 9.75. The molecule has 0 spiro atoms. The Hall–Kier alpha value is -5.57. The summed E-state index contributed by atoms with van der Waals surface area (Å²) < 4.78 is 104. The third-order valence-electron chi connectivity index (χ3n) is 15.1. The fourth-order valence-corrected chi connectivity index (χ4v) is 9.85. The molecule has 0 aliphatic heterocycles. The molecule has 366 valence electrons. The average Bonchev–Trinajstić information content (AvgIpc) is 3.69. The van der Waals surface area contributed by atoms with Gasteiger partial charge in [0.05, 0.1) is 22.3 Å². The Labute approximate surface area is 451 Å². The summed E-state index contributed by atoms with van der Waals surface area (Å²) in [5.41, 5.74) is 8.39. The van der Waals surface area contributed by atoms with Crippen molar-refractivity contribution >= 4 is 11.0 Å². The van der Waals surface area contributed by atoms with Gasteiger partial charge in [0.2, 0.25) is 0 Å². The van der Waals surface area contributed by atoms with Crippen LogP contribution in [0.15, 0.2) is 121 Å². The molecule has 1 N–H and O–H groups in total. The number of aromatic hydroxyl groups is 1. The van der Waals surface area contributed by atoms with Gasteiger partial charge >= 0.3 is 0 Å². The maximum Gasteiger partial charge on any atom is 0.148 e. The van der Waals surface area contributed by atoms with Crippen molar-refractivity contribution in [2.24, 2.45) is 0 Å². The van der Waals surface area contributed by atoms with Gasteiger partial charge in [0.15, 0.2) is 0 Å². The summed E-state index contributed by atoms with van der Waals surface area (Å²) >= 11 is 0.